The molecule has 0 aliphatic carbocycles. The number of aromatic nitrogens is 5. The van der Waals surface area contributed by atoms with E-state index in [4.69, 9.17) is 14.4 Å². The lowest BCUT2D eigenvalue weighted by atomic mass is 9.99. The zero-order valence-electron chi connectivity index (χ0n) is 38.5. The summed E-state index contributed by atoms with van der Waals surface area (Å²) in [7, 11) is 0. The van der Waals surface area contributed by atoms with Crippen LogP contribution in [0.5, 0.6) is 0 Å². The first-order chi connectivity index (χ1) is 35.7. The number of furan rings is 1. The van der Waals surface area contributed by atoms with E-state index in [0.717, 1.165) is 94.0 Å². The smallest absolute Gasteiger partial charge is 0.164 e. The second kappa shape index (κ2) is 15.5. The monoisotopic (exact) mass is 918 g/mol. The first-order valence-corrected chi connectivity index (χ1v) is 24.1. The van der Waals surface area contributed by atoms with E-state index in [1.165, 1.54) is 21.5 Å². The minimum absolute atomic E-state index is 0.415. The molecule has 0 spiro atoms. The summed E-state index contributed by atoms with van der Waals surface area (Å²) in [5, 5.41) is 19.8. The average Bonchev–Trinajstić information content (AvgIpc) is 4.19. The molecule has 10 aromatic carbocycles. The molecule has 0 saturated carbocycles. The van der Waals surface area contributed by atoms with Crippen molar-refractivity contribution in [2.75, 3.05) is 0 Å². The molecule has 0 N–H and O–H groups in total. The maximum atomic E-state index is 10.8. The maximum Gasteiger partial charge on any atom is 0.164 e. The Bertz CT molecular complexity index is 4630. The van der Waals surface area contributed by atoms with Gasteiger partial charge in [0.05, 0.1) is 61.1 Å². The minimum Gasteiger partial charge on any atom is -0.455 e. The van der Waals surface area contributed by atoms with Gasteiger partial charge >= 0.3 is 0 Å². The van der Waals surface area contributed by atoms with Crippen LogP contribution in [0.15, 0.2) is 235 Å². The van der Waals surface area contributed by atoms with Gasteiger partial charge in [-0.1, -0.05) is 152 Å². The Morgan fingerprint density at radius 1 is 0.375 bits per heavy atom. The third kappa shape index (κ3) is 5.78. The third-order valence-corrected chi connectivity index (χ3v) is 14.5. The van der Waals surface area contributed by atoms with Gasteiger partial charge in [0.15, 0.2) is 5.82 Å². The van der Waals surface area contributed by atoms with Crippen molar-refractivity contribution in [3.8, 4) is 57.0 Å². The molecular formula is C65H38N6O. The quantitative estimate of drug-likeness (QED) is 0.166. The van der Waals surface area contributed by atoms with E-state index in [0.29, 0.717) is 28.4 Å². The van der Waals surface area contributed by atoms with Crippen LogP contribution in [0.1, 0.15) is 5.56 Å². The lowest BCUT2D eigenvalue weighted by Crippen LogP contribution is -2.02. The molecule has 0 fully saturated rings. The molecule has 0 aliphatic rings. The highest BCUT2D eigenvalue weighted by atomic mass is 16.3. The Morgan fingerprint density at radius 3 is 1.49 bits per heavy atom. The van der Waals surface area contributed by atoms with Gasteiger partial charge in [-0.05, 0) is 78.9 Å². The van der Waals surface area contributed by atoms with Crippen LogP contribution < -0.4 is 0 Å². The van der Waals surface area contributed by atoms with Crippen LogP contribution in [0, 0.1) is 11.3 Å². The average molecular weight is 919 g/mol. The van der Waals surface area contributed by atoms with Crippen LogP contribution in [0.2, 0.25) is 0 Å². The van der Waals surface area contributed by atoms with Gasteiger partial charge in [0.2, 0.25) is 0 Å². The molecule has 0 bridgehead atoms. The van der Waals surface area contributed by atoms with Gasteiger partial charge in [0, 0.05) is 60.2 Å². The van der Waals surface area contributed by atoms with Gasteiger partial charge in [0.1, 0.15) is 22.8 Å². The zero-order chi connectivity index (χ0) is 47.4. The van der Waals surface area contributed by atoms with Crippen LogP contribution >= 0.6 is 0 Å². The first-order valence-electron chi connectivity index (χ1n) is 24.1. The van der Waals surface area contributed by atoms with Gasteiger partial charge in [-0.2, -0.15) is 5.26 Å². The van der Waals surface area contributed by atoms with Crippen molar-refractivity contribution in [3.63, 3.8) is 0 Å². The van der Waals surface area contributed by atoms with Gasteiger partial charge in [0.25, 0.3) is 0 Å². The van der Waals surface area contributed by atoms with Gasteiger partial charge in [-0.15, -0.1) is 0 Å². The molecule has 15 rings (SSSR count). The Balaban J connectivity index is 1.06. The Kier molecular flexibility index (Phi) is 8.59. The largest absolute Gasteiger partial charge is 0.455 e. The fourth-order valence-corrected chi connectivity index (χ4v) is 11.4. The van der Waals surface area contributed by atoms with Gasteiger partial charge in [-0.3, -0.25) is 0 Å². The van der Waals surface area contributed by atoms with Crippen LogP contribution in [-0.4, -0.2) is 23.7 Å². The molecule has 0 radical (unpaired) electrons. The standard InChI is InChI=1S/C65H38N6O/c66-39-52-62(40-18-4-1-5-19-40)67-65(68-63(52)41-20-6-2-7-21-41)48-33-35-57(61-47-27-13-17-31-60(47)72-64(48)61)71-56-34-32-43(70-53-28-14-10-24-44(53)45-25-11-15-29-54(45)70)36-49(56)51-37-50-46-26-12-16-30-55(46)69(58(50)38-59(51)71)42-22-8-3-9-23-42/h1-38H. The van der Waals surface area contributed by atoms with Gasteiger partial charge in [-0.25, -0.2) is 9.97 Å². The number of rotatable bonds is 6. The van der Waals surface area contributed by atoms with Crippen molar-refractivity contribution in [2.24, 2.45) is 0 Å². The molecule has 0 atom stereocenters. The number of nitriles is 1. The topological polar surface area (TPSA) is 77.5 Å². The van der Waals surface area contributed by atoms with E-state index in [1.54, 1.807) is 0 Å². The Labute approximate surface area is 411 Å². The number of nitrogens with zero attached hydrogens (tertiary/aromatic N) is 6. The Hall–Kier alpha value is -10.0. The van der Waals surface area contributed by atoms with E-state index in [2.05, 4.69) is 177 Å². The predicted octanol–water partition coefficient (Wildman–Crippen LogP) is 16.5. The number of hydrogen-bond acceptors (Lipinski definition) is 4. The van der Waals surface area contributed by atoms with E-state index in [1.807, 2.05) is 72.8 Å². The fraction of sp³-hybridized carbons (Fsp3) is 0. The van der Waals surface area contributed by atoms with Crippen LogP contribution in [0.3, 0.4) is 0 Å². The van der Waals surface area contributed by atoms with Crippen molar-refractivity contribution in [1.82, 2.24) is 23.7 Å². The summed E-state index contributed by atoms with van der Waals surface area (Å²) in [5.74, 6) is 0.467. The van der Waals surface area contributed by atoms with Crippen molar-refractivity contribution in [3.05, 3.63) is 236 Å². The summed E-state index contributed by atoms with van der Waals surface area (Å²) < 4.78 is 14.2. The van der Waals surface area contributed by atoms with Crippen molar-refractivity contribution < 1.29 is 4.42 Å². The number of fused-ring (bicyclic) bond motifs is 12. The number of hydrogen-bond donors (Lipinski definition) is 0. The molecule has 7 nitrogen and oxygen atoms in total. The van der Waals surface area contributed by atoms with E-state index >= 15 is 0 Å². The molecule has 0 saturated heterocycles. The summed E-state index contributed by atoms with van der Waals surface area (Å²) in [5.41, 5.74) is 15.2. The lowest BCUT2D eigenvalue weighted by molar-refractivity contribution is 0.669. The molecule has 0 aliphatic heterocycles. The van der Waals surface area contributed by atoms with Crippen LogP contribution in [0.4, 0.5) is 0 Å². The maximum absolute atomic E-state index is 10.8. The Morgan fingerprint density at radius 2 is 0.861 bits per heavy atom. The minimum atomic E-state index is 0.415. The molecule has 0 unspecified atom stereocenters. The van der Waals surface area contributed by atoms with Crippen molar-refractivity contribution >= 4 is 87.4 Å². The highest BCUT2D eigenvalue weighted by molar-refractivity contribution is 6.22. The second-order valence-electron chi connectivity index (χ2n) is 18.4. The number of benzene rings is 10. The van der Waals surface area contributed by atoms with Gasteiger partial charge < -0.3 is 18.1 Å². The van der Waals surface area contributed by atoms with Crippen LogP contribution in [-0.2, 0) is 0 Å². The lowest BCUT2D eigenvalue weighted by Gasteiger charge is -2.15. The predicted molar refractivity (Wildman–Crippen MR) is 293 cm³/mol. The second-order valence-corrected chi connectivity index (χ2v) is 18.4. The van der Waals surface area contributed by atoms with Crippen LogP contribution in [0.25, 0.3) is 138 Å². The molecular weight excluding hydrogens is 881 g/mol. The first kappa shape index (κ1) is 39.9. The molecule has 5 aromatic heterocycles. The normalized spacial score (nSPS) is 11.9. The fourth-order valence-electron chi connectivity index (χ4n) is 11.4. The van der Waals surface area contributed by atoms with E-state index < -0.39 is 0 Å². The summed E-state index contributed by atoms with van der Waals surface area (Å²) in [6.07, 6.45) is 0. The third-order valence-electron chi connectivity index (χ3n) is 14.5. The summed E-state index contributed by atoms with van der Waals surface area (Å²) in [4.78, 5) is 10.5. The van der Waals surface area contributed by atoms with E-state index in [-0.39, 0.29) is 0 Å². The molecule has 334 valence electrons. The molecule has 72 heavy (non-hydrogen) atoms. The molecule has 15 aromatic rings. The molecule has 7 heteroatoms. The summed E-state index contributed by atoms with van der Waals surface area (Å²) in [6, 6.07) is 83.2. The summed E-state index contributed by atoms with van der Waals surface area (Å²) >= 11 is 0. The number of para-hydroxylation sites is 5. The molecule has 0 amide bonds. The highest BCUT2D eigenvalue weighted by Crippen LogP contribution is 2.46. The van der Waals surface area contributed by atoms with Crippen molar-refractivity contribution in [2.45, 2.75) is 0 Å². The summed E-state index contributed by atoms with van der Waals surface area (Å²) in [6.45, 7) is 0. The zero-order valence-corrected chi connectivity index (χ0v) is 38.5. The highest BCUT2D eigenvalue weighted by Gasteiger charge is 2.26. The SMILES string of the molecule is N#Cc1c(-c2ccccc2)nc(-c2ccc(-n3c4ccc(-n5c6ccccc6c6ccccc65)cc4c4cc5c6ccccc6n(-c6ccccc6)c5cc43)c3c2oc2ccccc23)nc1-c1ccccc1. The van der Waals surface area contributed by atoms with Crippen molar-refractivity contribution in [1.29, 1.82) is 5.26 Å². The van der Waals surface area contributed by atoms with E-state index in [9.17, 15) is 5.26 Å². The molecule has 5 heterocycles.